The summed E-state index contributed by atoms with van der Waals surface area (Å²) in [7, 11) is 0. The first-order valence-corrected chi connectivity index (χ1v) is 11.2. The molecule has 1 fully saturated rings. The third kappa shape index (κ3) is 3.94. The summed E-state index contributed by atoms with van der Waals surface area (Å²) < 4.78 is 6.01. The van der Waals surface area contributed by atoms with Crippen LogP contribution in [0.3, 0.4) is 0 Å². The molecule has 3 aromatic rings. The number of anilines is 1. The van der Waals surface area contributed by atoms with Crippen LogP contribution in [0.4, 0.5) is 5.69 Å². The van der Waals surface area contributed by atoms with Gasteiger partial charge >= 0.3 is 0 Å². The normalized spacial score (nSPS) is 15.3. The van der Waals surface area contributed by atoms with E-state index in [9.17, 15) is 4.79 Å². The van der Waals surface area contributed by atoms with Crippen molar-refractivity contribution in [2.75, 3.05) is 11.9 Å². The Morgan fingerprint density at radius 3 is 2.50 bits per heavy atom. The van der Waals surface area contributed by atoms with Crippen molar-refractivity contribution in [3.63, 3.8) is 0 Å². The smallest absolute Gasteiger partial charge is 0.235 e. The second-order valence-corrected chi connectivity index (χ2v) is 8.47. The molecular formula is C27H31NO2. The topological polar surface area (TPSA) is 38.3 Å². The lowest BCUT2D eigenvalue weighted by Crippen LogP contribution is -2.38. The van der Waals surface area contributed by atoms with Gasteiger partial charge in [0.1, 0.15) is 5.75 Å². The van der Waals surface area contributed by atoms with Crippen LogP contribution in [0.1, 0.15) is 56.6 Å². The van der Waals surface area contributed by atoms with Gasteiger partial charge in [-0.2, -0.15) is 0 Å². The SMILES string of the molecule is CCCCOc1ccc(NC(=O)C2(c3cccc(C)c3)CCCC2)c2ccccc12. The molecule has 0 heterocycles. The van der Waals surface area contributed by atoms with E-state index in [2.05, 4.69) is 55.6 Å². The van der Waals surface area contributed by atoms with Crippen LogP contribution in [0.5, 0.6) is 5.75 Å². The predicted molar refractivity (Wildman–Crippen MR) is 124 cm³/mol. The summed E-state index contributed by atoms with van der Waals surface area (Å²) in [5.41, 5.74) is 2.76. The fourth-order valence-electron chi connectivity index (χ4n) is 4.64. The molecule has 0 unspecified atom stereocenters. The minimum absolute atomic E-state index is 0.107. The van der Waals surface area contributed by atoms with Crippen molar-refractivity contribution in [1.82, 2.24) is 0 Å². The number of benzene rings is 3. The van der Waals surface area contributed by atoms with E-state index in [4.69, 9.17) is 4.74 Å². The minimum Gasteiger partial charge on any atom is -0.493 e. The molecule has 30 heavy (non-hydrogen) atoms. The van der Waals surface area contributed by atoms with E-state index in [1.54, 1.807) is 0 Å². The van der Waals surface area contributed by atoms with Gasteiger partial charge in [0.25, 0.3) is 0 Å². The van der Waals surface area contributed by atoms with Crippen molar-refractivity contribution in [2.24, 2.45) is 0 Å². The maximum absolute atomic E-state index is 13.6. The highest BCUT2D eigenvalue weighted by Gasteiger charge is 2.42. The number of nitrogens with one attached hydrogen (secondary N) is 1. The first-order valence-electron chi connectivity index (χ1n) is 11.2. The number of amides is 1. The van der Waals surface area contributed by atoms with Crippen molar-refractivity contribution in [3.05, 3.63) is 71.8 Å². The Morgan fingerprint density at radius 1 is 1.00 bits per heavy atom. The van der Waals surface area contributed by atoms with E-state index in [1.165, 1.54) is 5.56 Å². The van der Waals surface area contributed by atoms with Crippen molar-refractivity contribution < 1.29 is 9.53 Å². The van der Waals surface area contributed by atoms with Gasteiger partial charge in [-0.1, -0.05) is 80.3 Å². The third-order valence-electron chi connectivity index (χ3n) is 6.35. The lowest BCUT2D eigenvalue weighted by molar-refractivity contribution is -0.121. The highest BCUT2D eigenvalue weighted by Crippen LogP contribution is 2.43. The summed E-state index contributed by atoms with van der Waals surface area (Å²) in [6.07, 6.45) is 6.12. The number of hydrogen-bond acceptors (Lipinski definition) is 2. The zero-order valence-electron chi connectivity index (χ0n) is 18.0. The minimum atomic E-state index is -0.441. The Balaban J connectivity index is 1.66. The van der Waals surface area contributed by atoms with Crippen LogP contribution in [-0.4, -0.2) is 12.5 Å². The predicted octanol–water partition coefficient (Wildman–Crippen LogP) is 6.78. The van der Waals surface area contributed by atoms with Gasteiger partial charge in [0.2, 0.25) is 5.91 Å². The summed E-state index contributed by atoms with van der Waals surface area (Å²) in [5, 5.41) is 5.35. The van der Waals surface area contributed by atoms with Gasteiger partial charge in [0.05, 0.1) is 12.0 Å². The molecule has 156 valence electrons. The molecule has 0 spiro atoms. The maximum Gasteiger partial charge on any atom is 0.235 e. The van der Waals surface area contributed by atoms with E-state index in [0.29, 0.717) is 6.61 Å². The van der Waals surface area contributed by atoms with Gasteiger partial charge in [-0.3, -0.25) is 4.79 Å². The number of rotatable bonds is 7. The molecule has 1 saturated carbocycles. The largest absolute Gasteiger partial charge is 0.493 e. The number of fused-ring (bicyclic) bond motifs is 1. The zero-order chi connectivity index (χ0) is 21.0. The van der Waals surface area contributed by atoms with E-state index in [-0.39, 0.29) is 5.91 Å². The molecule has 1 amide bonds. The summed E-state index contributed by atoms with van der Waals surface area (Å²) in [4.78, 5) is 13.6. The number of carbonyl (C=O) groups excluding carboxylic acids is 1. The molecule has 1 aliphatic carbocycles. The van der Waals surface area contributed by atoms with Crippen molar-refractivity contribution in [1.29, 1.82) is 0 Å². The highest BCUT2D eigenvalue weighted by atomic mass is 16.5. The standard InChI is InChI=1S/C27H31NO2/c1-3-4-18-30-25-15-14-24(22-12-5-6-13-23(22)25)28-26(29)27(16-7-8-17-27)21-11-9-10-20(2)19-21/h5-6,9-15,19H,3-4,7-8,16-18H2,1-2H3,(H,28,29). The van der Waals surface area contributed by atoms with Crippen molar-refractivity contribution in [3.8, 4) is 5.75 Å². The second-order valence-electron chi connectivity index (χ2n) is 8.47. The van der Waals surface area contributed by atoms with Gasteiger partial charge in [-0.15, -0.1) is 0 Å². The van der Waals surface area contributed by atoms with Crippen LogP contribution in [0.15, 0.2) is 60.7 Å². The third-order valence-corrected chi connectivity index (χ3v) is 6.35. The molecule has 4 rings (SSSR count). The fraction of sp³-hybridized carbons (Fsp3) is 0.370. The average molecular weight is 402 g/mol. The Bertz CT molecular complexity index is 1030. The molecule has 3 heteroatoms. The van der Waals surface area contributed by atoms with Crippen molar-refractivity contribution in [2.45, 2.75) is 57.8 Å². The molecular weight excluding hydrogens is 370 g/mol. The van der Waals surface area contributed by atoms with Gasteiger partial charge in [0, 0.05) is 16.5 Å². The second kappa shape index (κ2) is 8.91. The first kappa shape index (κ1) is 20.5. The quantitative estimate of drug-likeness (QED) is 0.443. The van der Waals surface area contributed by atoms with Gasteiger partial charge in [0.15, 0.2) is 0 Å². The fourth-order valence-corrected chi connectivity index (χ4v) is 4.64. The van der Waals surface area contributed by atoms with E-state index in [0.717, 1.165) is 66.3 Å². The molecule has 3 nitrogen and oxygen atoms in total. The molecule has 1 N–H and O–H groups in total. The lowest BCUT2D eigenvalue weighted by Gasteiger charge is -2.29. The molecule has 0 aromatic heterocycles. The van der Waals surface area contributed by atoms with Gasteiger partial charge in [-0.25, -0.2) is 0 Å². The van der Waals surface area contributed by atoms with Gasteiger partial charge < -0.3 is 10.1 Å². The summed E-state index contributed by atoms with van der Waals surface area (Å²) in [5.74, 6) is 0.988. The molecule has 0 atom stereocenters. The van der Waals surface area contributed by atoms with Crippen LogP contribution in [0, 0.1) is 6.92 Å². The molecule has 0 radical (unpaired) electrons. The average Bonchev–Trinajstić information content (AvgIpc) is 3.27. The van der Waals surface area contributed by atoms with Crippen LogP contribution in [-0.2, 0) is 10.2 Å². The maximum atomic E-state index is 13.6. The van der Waals surface area contributed by atoms with Crippen LogP contribution in [0.25, 0.3) is 10.8 Å². The zero-order valence-corrected chi connectivity index (χ0v) is 18.0. The van der Waals surface area contributed by atoms with E-state index < -0.39 is 5.41 Å². The summed E-state index contributed by atoms with van der Waals surface area (Å²) in [6, 6.07) is 20.6. The molecule has 1 aliphatic rings. The number of ether oxygens (including phenoxy) is 1. The monoisotopic (exact) mass is 401 g/mol. The Labute approximate surface area is 179 Å². The number of unbranched alkanes of at least 4 members (excludes halogenated alkanes) is 1. The number of hydrogen-bond donors (Lipinski definition) is 1. The van der Waals surface area contributed by atoms with E-state index >= 15 is 0 Å². The Hall–Kier alpha value is -2.81. The van der Waals surface area contributed by atoms with Gasteiger partial charge in [-0.05, 0) is 43.9 Å². The van der Waals surface area contributed by atoms with E-state index in [1.807, 2.05) is 24.3 Å². The Morgan fingerprint density at radius 2 is 1.77 bits per heavy atom. The molecule has 0 saturated heterocycles. The number of carbonyl (C=O) groups is 1. The highest BCUT2D eigenvalue weighted by molar-refractivity contribution is 6.07. The molecule has 3 aromatic carbocycles. The summed E-state index contributed by atoms with van der Waals surface area (Å²) >= 11 is 0. The Kier molecular flexibility index (Phi) is 6.08. The molecule has 0 aliphatic heterocycles. The summed E-state index contributed by atoms with van der Waals surface area (Å²) in [6.45, 7) is 4.96. The molecule has 0 bridgehead atoms. The lowest BCUT2D eigenvalue weighted by atomic mass is 9.77. The van der Waals surface area contributed by atoms with Crippen LogP contribution >= 0.6 is 0 Å². The van der Waals surface area contributed by atoms with Crippen LogP contribution < -0.4 is 10.1 Å². The first-order chi connectivity index (χ1) is 14.6. The number of aryl methyl sites for hydroxylation is 1. The van der Waals surface area contributed by atoms with Crippen molar-refractivity contribution >= 4 is 22.4 Å². The van der Waals surface area contributed by atoms with Crippen LogP contribution in [0.2, 0.25) is 0 Å².